The lowest BCUT2D eigenvalue weighted by Crippen LogP contribution is -2.41. The molecule has 3 nitrogen and oxygen atoms in total. The Morgan fingerprint density at radius 3 is 1.83 bits per heavy atom. The van der Waals surface area contributed by atoms with E-state index in [2.05, 4.69) is 18.3 Å². The van der Waals surface area contributed by atoms with Gasteiger partial charge in [0.15, 0.2) is 0 Å². The van der Waals surface area contributed by atoms with Crippen molar-refractivity contribution in [1.29, 1.82) is 0 Å². The second kappa shape index (κ2) is 18.0. The maximum Gasteiger partial charge on any atom is 0.0896 e. The highest BCUT2D eigenvalue weighted by atomic mass is 16.3. The highest BCUT2D eigenvalue weighted by molar-refractivity contribution is 4.94. The van der Waals surface area contributed by atoms with Gasteiger partial charge < -0.3 is 15.5 Å². The fourth-order valence-corrected chi connectivity index (χ4v) is 2.85. The molecular weight excluding hydrogens is 286 g/mol. The predicted molar refractivity (Wildman–Crippen MR) is 101 cm³/mol. The van der Waals surface area contributed by atoms with Crippen molar-refractivity contribution in [3.63, 3.8) is 0 Å². The molecule has 0 aromatic rings. The van der Waals surface area contributed by atoms with E-state index in [4.69, 9.17) is 0 Å². The van der Waals surface area contributed by atoms with Crippen molar-refractivity contribution in [3.05, 3.63) is 12.2 Å². The van der Waals surface area contributed by atoms with E-state index in [0.717, 1.165) is 13.0 Å². The minimum absolute atomic E-state index is 0.0300. The molecule has 0 amide bonds. The van der Waals surface area contributed by atoms with Crippen LogP contribution in [0.4, 0.5) is 0 Å². The quantitative estimate of drug-likeness (QED) is 0.271. The van der Waals surface area contributed by atoms with E-state index in [9.17, 15) is 10.2 Å². The monoisotopic (exact) mass is 327 g/mol. The van der Waals surface area contributed by atoms with Crippen molar-refractivity contribution in [2.45, 2.75) is 103 Å². The largest absolute Gasteiger partial charge is 0.395 e. The highest BCUT2D eigenvalue weighted by Gasteiger charge is 2.13. The summed E-state index contributed by atoms with van der Waals surface area (Å²) in [6.07, 6.45) is 19.3. The molecule has 0 fully saturated rings. The van der Waals surface area contributed by atoms with Crippen LogP contribution in [-0.4, -0.2) is 35.5 Å². The zero-order valence-electron chi connectivity index (χ0n) is 15.6. The Hall–Kier alpha value is -0.380. The van der Waals surface area contributed by atoms with Crippen LogP contribution >= 0.6 is 0 Å². The van der Waals surface area contributed by atoms with Crippen molar-refractivity contribution in [2.24, 2.45) is 0 Å². The van der Waals surface area contributed by atoms with E-state index in [0.29, 0.717) is 0 Å². The Balaban J connectivity index is 3.36. The molecule has 0 spiro atoms. The normalized spacial score (nSPS) is 14.4. The number of likely N-dealkylation sites (N-methyl/N-ethyl adjacent to an activating group) is 1. The number of aliphatic hydroxyl groups is 2. The molecule has 0 aromatic heterocycles. The van der Waals surface area contributed by atoms with Gasteiger partial charge in [0.25, 0.3) is 0 Å². The van der Waals surface area contributed by atoms with E-state index < -0.39 is 6.10 Å². The summed E-state index contributed by atoms with van der Waals surface area (Å²) in [5.74, 6) is 0. The Morgan fingerprint density at radius 1 is 0.826 bits per heavy atom. The molecule has 0 bridgehead atoms. The molecule has 0 aliphatic rings. The molecule has 0 aromatic carbocycles. The zero-order valence-corrected chi connectivity index (χ0v) is 15.6. The van der Waals surface area contributed by atoms with Crippen molar-refractivity contribution in [1.82, 2.24) is 5.32 Å². The summed E-state index contributed by atoms with van der Waals surface area (Å²) in [6, 6.07) is -0.242. The number of allylic oxidation sites excluding steroid dienone is 1. The van der Waals surface area contributed by atoms with Gasteiger partial charge in [0.1, 0.15) is 0 Å². The third-order valence-electron chi connectivity index (χ3n) is 4.38. The topological polar surface area (TPSA) is 52.5 Å². The summed E-state index contributed by atoms with van der Waals surface area (Å²) < 4.78 is 0. The van der Waals surface area contributed by atoms with E-state index in [1.807, 2.05) is 13.0 Å². The second-order valence-electron chi connectivity index (χ2n) is 6.59. The molecule has 2 atom stereocenters. The molecule has 0 heterocycles. The maximum atomic E-state index is 9.91. The first kappa shape index (κ1) is 22.6. The van der Waals surface area contributed by atoms with Gasteiger partial charge in [-0.3, -0.25) is 0 Å². The number of aliphatic hydroxyl groups excluding tert-OH is 2. The van der Waals surface area contributed by atoms with Gasteiger partial charge in [-0.25, -0.2) is 0 Å². The number of rotatable bonds is 17. The molecule has 0 aliphatic heterocycles. The average molecular weight is 328 g/mol. The van der Waals surface area contributed by atoms with Crippen LogP contribution in [0.2, 0.25) is 0 Å². The first-order chi connectivity index (χ1) is 11.3. The average Bonchev–Trinajstić information content (AvgIpc) is 2.56. The third kappa shape index (κ3) is 14.9. The lowest BCUT2D eigenvalue weighted by Gasteiger charge is -2.18. The Morgan fingerprint density at radius 2 is 1.35 bits per heavy atom. The molecule has 0 saturated carbocycles. The standard InChI is InChI=1S/C20H41NO2/c1-3-5-6-7-8-9-10-11-12-13-14-15-16-17-20(23)19(18-22)21-4-2/h16-17,19-23H,3-15,18H2,1-2H3. The van der Waals surface area contributed by atoms with Crippen LogP contribution in [0.3, 0.4) is 0 Å². The van der Waals surface area contributed by atoms with Gasteiger partial charge >= 0.3 is 0 Å². The molecule has 0 saturated heterocycles. The summed E-state index contributed by atoms with van der Waals surface area (Å²) in [5, 5.41) is 22.2. The van der Waals surface area contributed by atoms with Gasteiger partial charge in [-0.2, -0.15) is 0 Å². The molecule has 2 unspecified atom stereocenters. The van der Waals surface area contributed by atoms with Crippen molar-refractivity contribution >= 4 is 0 Å². The molecule has 3 heteroatoms. The van der Waals surface area contributed by atoms with Crippen molar-refractivity contribution in [2.75, 3.05) is 13.2 Å². The number of nitrogens with one attached hydrogen (secondary N) is 1. The first-order valence-corrected chi connectivity index (χ1v) is 9.95. The number of hydrogen-bond acceptors (Lipinski definition) is 3. The fraction of sp³-hybridized carbons (Fsp3) is 0.900. The molecule has 3 N–H and O–H groups in total. The number of hydrogen-bond donors (Lipinski definition) is 3. The van der Waals surface area contributed by atoms with Gasteiger partial charge in [-0.1, -0.05) is 90.2 Å². The maximum absolute atomic E-state index is 9.91. The Bertz CT molecular complexity index is 256. The molecule has 0 aliphatic carbocycles. The minimum atomic E-state index is -0.590. The molecule has 23 heavy (non-hydrogen) atoms. The van der Waals surface area contributed by atoms with Crippen molar-refractivity contribution in [3.8, 4) is 0 Å². The molecular formula is C20H41NO2. The van der Waals surface area contributed by atoms with E-state index in [-0.39, 0.29) is 12.6 Å². The minimum Gasteiger partial charge on any atom is -0.395 e. The lowest BCUT2D eigenvalue weighted by atomic mass is 10.0. The van der Waals surface area contributed by atoms with Crippen LogP contribution < -0.4 is 5.32 Å². The lowest BCUT2D eigenvalue weighted by molar-refractivity contribution is 0.124. The van der Waals surface area contributed by atoms with Crippen LogP contribution in [0.1, 0.15) is 90.9 Å². The van der Waals surface area contributed by atoms with Crippen LogP contribution in [0.25, 0.3) is 0 Å². The summed E-state index contributed by atoms with van der Waals surface area (Å²) in [4.78, 5) is 0. The Kier molecular flexibility index (Phi) is 17.7. The third-order valence-corrected chi connectivity index (χ3v) is 4.38. The smallest absolute Gasteiger partial charge is 0.0896 e. The van der Waals surface area contributed by atoms with Gasteiger partial charge in [0, 0.05) is 0 Å². The zero-order chi connectivity index (χ0) is 17.2. The van der Waals surface area contributed by atoms with E-state index >= 15 is 0 Å². The van der Waals surface area contributed by atoms with Crippen molar-refractivity contribution < 1.29 is 10.2 Å². The molecule has 0 rings (SSSR count). The predicted octanol–water partition coefficient (Wildman–Crippen LogP) is 4.58. The van der Waals surface area contributed by atoms with Gasteiger partial charge in [-0.05, 0) is 19.4 Å². The van der Waals surface area contributed by atoms with Crippen LogP contribution in [-0.2, 0) is 0 Å². The Labute approximate surface area is 144 Å². The van der Waals surface area contributed by atoms with Gasteiger partial charge in [-0.15, -0.1) is 0 Å². The summed E-state index contributed by atoms with van der Waals surface area (Å²) in [7, 11) is 0. The van der Waals surface area contributed by atoms with Gasteiger partial charge in [0.05, 0.1) is 18.8 Å². The molecule has 0 radical (unpaired) electrons. The number of unbranched alkanes of at least 4 members (excludes halogenated alkanes) is 11. The van der Waals surface area contributed by atoms with Crippen LogP contribution in [0.5, 0.6) is 0 Å². The van der Waals surface area contributed by atoms with Crippen LogP contribution in [0, 0.1) is 0 Å². The SMILES string of the molecule is CCCCCCCCCCCCCC=CC(O)C(CO)NCC. The molecule has 138 valence electrons. The van der Waals surface area contributed by atoms with E-state index in [1.165, 1.54) is 70.6 Å². The second-order valence-corrected chi connectivity index (χ2v) is 6.59. The van der Waals surface area contributed by atoms with Gasteiger partial charge in [0.2, 0.25) is 0 Å². The summed E-state index contributed by atoms with van der Waals surface area (Å²) >= 11 is 0. The van der Waals surface area contributed by atoms with E-state index in [1.54, 1.807) is 0 Å². The fourth-order valence-electron chi connectivity index (χ4n) is 2.85. The highest BCUT2D eigenvalue weighted by Crippen LogP contribution is 2.12. The first-order valence-electron chi connectivity index (χ1n) is 9.95. The summed E-state index contributed by atoms with van der Waals surface area (Å²) in [6.45, 7) is 4.97. The summed E-state index contributed by atoms with van der Waals surface area (Å²) in [5.41, 5.74) is 0. The van der Waals surface area contributed by atoms with Crippen LogP contribution in [0.15, 0.2) is 12.2 Å².